The average molecular weight is 287 g/mol. The van der Waals surface area contributed by atoms with E-state index in [0.29, 0.717) is 12.0 Å². The van der Waals surface area contributed by atoms with Crippen molar-refractivity contribution in [2.45, 2.75) is 37.3 Å². The van der Waals surface area contributed by atoms with E-state index in [-0.39, 0.29) is 0 Å². The number of hydrogen-bond acceptors (Lipinski definition) is 1. The quantitative estimate of drug-likeness (QED) is 0.749. The van der Waals surface area contributed by atoms with Crippen LogP contribution in [0, 0.1) is 0 Å². The minimum Gasteiger partial charge on any atom is -0.296 e. The molecule has 2 aromatic rings. The maximum atomic E-state index is 2.63. The zero-order valence-corrected chi connectivity index (χ0v) is 13.0. The van der Waals surface area contributed by atoms with Gasteiger partial charge in [0.15, 0.2) is 0 Å². The molecule has 0 amide bonds. The van der Waals surface area contributed by atoms with E-state index in [1.807, 2.05) is 0 Å². The summed E-state index contributed by atoms with van der Waals surface area (Å²) in [5, 5.41) is 0. The van der Waals surface area contributed by atoms with Gasteiger partial charge in [-0.25, -0.2) is 0 Å². The van der Waals surface area contributed by atoms with Gasteiger partial charge in [-0.1, -0.05) is 60.2 Å². The summed E-state index contributed by atoms with van der Waals surface area (Å²) in [4.78, 5) is 2.63. The van der Waals surface area contributed by atoms with Gasteiger partial charge >= 0.3 is 0 Å². The van der Waals surface area contributed by atoms with Crippen molar-refractivity contribution in [3.63, 3.8) is 0 Å². The Morgan fingerprint density at radius 1 is 0.909 bits per heavy atom. The lowest BCUT2D eigenvalue weighted by atomic mass is 9.84. The van der Waals surface area contributed by atoms with E-state index in [4.69, 9.17) is 0 Å². The fourth-order valence-corrected chi connectivity index (χ4v) is 5.02. The third-order valence-electron chi connectivity index (χ3n) is 6.02. The average Bonchev–Trinajstić information content (AvgIpc) is 3.00. The van der Waals surface area contributed by atoms with Gasteiger partial charge in [-0.15, -0.1) is 0 Å². The molecule has 3 aliphatic rings. The summed E-state index contributed by atoms with van der Waals surface area (Å²) in [7, 11) is 2.32. The highest BCUT2D eigenvalue weighted by Crippen LogP contribution is 2.54. The third kappa shape index (κ3) is 1.58. The van der Waals surface area contributed by atoms with Crippen molar-refractivity contribution in [1.29, 1.82) is 0 Å². The second-order valence-corrected chi connectivity index (χ2v) is 6.99. The molecule has 0 aromatic heterocycles. The van der Waals surface area contributed by atoms with Crippen molar-refractivity contribution >= 4 is 5.57 Å². The molecule has 2 aromatic carbocycles. The number of nitrogens with zero attached hydrogens (tertiary/aromatic N) is 1. The minimum absolute atomic E-state index is 0.490. The van der Waals surface area contributed by atoms with E-state index in [9.17, 15) is 0 Å². The molecule has 3 atom stereocenters. The summed E-state index contributed by atoms with van der Waals surface area (Å²) in [5.74, 6) is 0.490. The predicted octanol–water partition coefficient (Wildman–Crippen LogP) is 4.45. The molecule has 0 N–H and O–H groups in total. The van der Waals surface area contributed by atoms with Crippen LogP contribution in [-0.4, -0.2) is 24.0 Å². The number of benzene rings is 2. The molecule has 110 valence electrons. The SMILES string of the molecule is CN1C2CCC1C1=C(C2)C(c2ccccc2)c2ccccc21. The molecule has 22 heavy (non-hydrogen) atoms. The van der Waals surface area contributed by atoms with Crippen LogP contribution in [0.4, 0.5) is 0 Å². The van der Waals surface area contributed by atoms with Gasteiger partial charge in [0.25, 0.3) is 0 Å². The van der Waals surface area contributed by atoms with Crippen molar-refractivity contribution in [3.05, 3.63) is 76.9 Å². The van der Waals surface area contributed by atoms with Gasteiger partial charge in [0, 0.05) is 18.0 Å². The lowest BCUT2D eigenvalue weighted by Gasteiger charge is -2.34. The normalized spacial score (nSPS) is 29.6. The first-order valence-electron chi connectivity index (χ1n) is 8.43. The lowest BCUT2D eigenvalue weighted by molar-refractivity contribution is 0.261. The molecule has 2 heterocycles. The summed E-state index contributed by atoms with van der Waals surface area (Å²) in [6.07, 6.45) is 3.93. The highest BCUT2D eigenvalue weighted by Gasteiger charge is 2.45. The third-order valence-corrected chi connectivity index (χ3v) is 6.02. The highest BCUT2D eigenvalue weighted by molar-refractivity contribution is 5.84. The first kappa shape index (κ1) is 12.7. The van der Waals surface area contributed by atoms with E-state index in [1.165, 1.54) is 36.0 Å². The second-order valence-electron chi connectivity index (χ2n) is 6.99. The highest BCUT2D eigenvalue weighted by atomic mass is 15.2. The number of fused-ring (bicyclic) bond motifs is 5. The zero-order chi connectivity index (χ0) is 14.7. The largest absolute Gasteiger partial charge is 0.296 e. The monoisotopic (exact) mass is 287 g/mol. The van der Waals surface area contributed by atoms with Crippen molar-refractivity contribution in [3.8, 4) is 0 Å². The van der Waals surface area contributed by atoms with Crippen LogP contribution in [-0.2, 0) is 0 Å². The van der Waals surface area contributed by atoms with Crippen LogP contribution in [0.3, 0.4) is 0 Å². The van der Waals surface area contributed by atoms with Gasteiger partial charge in [-0.3, -0.25) is 4.90 Å². The molecular weight excluding hydrogens is 266 g/mol. The van der Waals surface area contributed by atoms with Crippen LogP contribution < -0.4 is 0 Å². The smallest absolute Gasteiger partial charge is 0.0354 e. The molecule has 0 spiro atoms. The standard InChI is InChI=1S/C21H21N/c1-22-15-11-12-19(22)21-17-10-6-5-9-16(17)20(18(21)13-15)14-7-3-2-4-8-14/h2-10,15,19-20H,11-13H2,1H3. The molecular formula is C21H21N. The molecule has 1 nitrogen and oxygen atoms in total. The van der Waals surface area contributed by atoms with E-state index in [0.717, 1.165) is 6.04 Å². The van der Waals surface area contributed by atoms with Gasteiger partial charge in [0.1, 0.15) is 0 Å². The Morgan fingerprint density at radius 2 is 1.68 bits per heavy atom. The van der Waals surface area contributed by atoms with E-state index in [1.54, 1.807) is 11.1 Å². The minimum atomic E-state index is 0.490. The Labute approximate surface area is 132 Å². The molecule has 1 heteroatoms. The molecule has 0 saturated carbocycles. The fourth-order valence-electron chi connectivity index (χ4n) is 5.02. The molecule has 1 aliphatic carbocycles. The Morgan fingerprint density at radius 3 is 2.55 bits per heavy atom. The van der Waals surface area contributed by atoms with Gasteiger partial charge < -0.3 is 0 Å². The maximum absolute atomic E-state index is 2.63. The molecule has 1 saturated heterocycles. The first-order valence-corrected chi connectivity index (χ1v) is 8.43. The van der Waals surface area contributed by atoms with Crippen LogP contribution in [0.2, 0.25) is 0 Å². The molecule has 0 radical (unpaired) electrons. The molecule has 5 rings (SSSR count). The first-order chi connectivity index (χ1) is 10.8. The number of hydrogen-bond donors (Lipinski definition) is 0. The summed E-state index contributed by atoms with van der Waals surface area (Å²) in [5.41, 5.74) is 7.87. The van der Waals surface area contributed by atoms with Crippen LogP contribution >= 0.6 is 0 Å². The van der Waals surface area contributed by atoms with Crippen LogP contribution in [0.25, 0.3) is 5.57 Å². The number of likely N-dealkylation sites (N-methyl/N-ethyl adjacent to an activating group) is 1. The molecule has 2 aliphatic heterocycles. The van der Waals surface area contributed by atoms with Crippen molar-refractivity contribution in [1.82, 2.24) is 4.90 Å². The second kappa shape index (κ2) is 4.57. The summed E-state index contributed by atoms with van der Waals surface area (Å²) >= 11 is 0. The molecule has 1 fully saturated rings. The van der Waals surface area contributed by atoms with Crippen molar-refractivity contribution in [2.75, 3.05) is 7.05 Å². The van der Waals surface area contributed by atoms with E-state index >= 15 is 0 Å². The van der Waals surface area contributed by atoms with E-state index < -0.39 is 0 Å². The van der Waals surface area contributed by atoms with Gasteiger partial charge in [-0.2, -0.15) is 0 Å². The van der Waals surface area contributed by atoms with Crippen molar-refractivity contribution < 1.29 is 0 Å². The Hall–Kier alpha value is -1.86. The van der Waals surface area contributed by atoms with Crippen LogP contribution in [0.1, 0.15) is 41.9 Å². The van der Waals surface area contributed by atoms with Crippen molar-refractivity contribution in [2.24, 2.45) is 0 Å². The zero-order valence-electron chi connectivity index (χ0n) is 13.0. The van der Waals surface area contributed by atoms with Crippen LogP contribution in [0.15, 0.2) is 60.2 Å². The van der Waals surface area contributed by atoms with E-state index in [2.05, 4.69) is 66.5 Å². The Kier molecular flexibility index (Phi) is 2.63. The predicted molar refractivity (Wildman–Crippen MR) is 90.8 cm³/mol. The molecule has 3 unspecified atom stereocenters. The van der Waals surface area contributed by atoms with Gasteiger partial charge in [-0.05, 0) is 48.6 Å². The lowest BCUT2D eigenvalue weighted by Crippen LogP contribution is -2.37. The number of rotatable bonds is 1. The molecule has 2 bridgehead atoms. The summed E-state index contributed by atoms with van der Waals surface area (Å²) in [6, 6.07) is 21.6. The van der Waals surface area contributed by atoms with Crippen LogP contribution in [0.5, 0.6) is 0 Å². The maximum Gasteiger partial charge on any atom is 0.0354 e. The summed E-state index contributed by atoms with van der Waals surface area (Å²) < 4.78 is 0. The Bertz CT molecular complexity index is 758. The topological polar surface area (TPSA) is 3.24 Å². The Balaban J connectivity index is 1.74. The van der Waals surface area contributed by atoms with Gasteiger partial charge in [0.2, 0.25) is 0 Å². The fraction of sp³-hybridized carbons (Fsp3) is 0.333. The van der Waals surface area contributed by atoms with Gasteiger partial charge in [0.05, 0.1) is 0 Å². The summed E-state index contributed by atoms with van der Waals surface area (Å²) in [6.45, 7) is 0.